The fourth-order valence-corrected chi connectivity index (χ4v) is 8.98. The molecule has 2 aromatic rings. The molecular weight excluding hydrogens is 346 g/mol. The van der Waals surface area contributed by atoms with Crippen LogP contribution < -0.4 is 10.4 Å². The second-order valence-corrected chi connectivity index (χ2v) is 13.6. The molecule has 1 fully saturated rings. The zero-order chi connectivity index (χ0) is 19.7. The molecule has 0 heterocycles. The van der Waals surface area contributed by atoms with Gasteiger partial charge in [-0.05, 0) is 28.3 Å². The van der Waals surface area contributed by atoms with Gasteiger partial charge in [-0.2, -0.15) is 0 Å². The Morgan fingerprint density at radius 3 is 1.67 bits per heavy atom. The number of hydrogen-bond acceptors (Lipinski definition) is 1. The lowest BCUT2D eigenvalue weighted by Gasteiger charge is -2.49. The summed E-state index contributed by atoms with van der Waals surface area (Å²) >= 11 is 0. The van der Waals surface area contributed by atoms with E-state index in [-0.39, 0.29) is 16.7 Å². The fourth-order valence-electron chi connectivity index (χ4n) is 4.27. The van der Waals surface area contributed by atoms with Crippen LogP contribution in [0.3, 0.4) is 0 Å². The molecule has 27 heavy (non-hydrogen) atoms. The van der Waals surface area contributed by atoms with Gasteiger partial charge in [0.25, 0.3) is 8.32 Å². The maximum absolute atomic E-state index is 7.48. The Morgan fingerprint density at radius 2 is 1.30 bits per heavy atom. The van der Waals surface area contributed by atoms with Crippen LogP contribution >= 0.6 is 0 Å². The summed E-state index contributed by atoms with van der Waals surface area (Å²) in [5.74, 6) is 0.429. The van der Waals surface area contributed by atoms with Crippen molar-refractivity contribution in [2.75, 3.05) is 0 Å². The van der Waals surface area contributed by atoms with E-state index in [0.717, 1.165) is 12.8 Å². The SMILES string of the molecule is [C-]#[N+]C(C)(C)C1CC(O[Si](c2ccccc2)(c2ccccc2)C(C)(C)C)C1. The summed E-state index contributed by atoms with van der Waals surface area (Å²) in [6.07, 6.45) is 2.21. The predicted molar refractivity (Wildman–Crippen MR) is 116 cm³/mol. The molecule has 1 aliphatic carbocycles. The van der Waals surface area contributed by atoms with Gasteiger partial charge in [-0.1, -0.05) is 81.4 Å². The summed E-state index contributed by atoms with van der Waals surface area (Å²) in [7, 11) is -2.46. The second kappa shape index (κ2) is 7.26. The first kappa shape index (κ1) is 19.9. The van der Waals surface area contributed by atoms with E-state index in [2.05, 4.69) is 100 Å². The predicted octanol–water partition coefficient (Wildman–Crippen LogP) is 5.04. The smallest absolute Gasteiger partial charge is 0.261 e. The van der Waals surface area contributed by atoms with Gasteiger partial charge in [0.2, 0.25) is 5.54 Å². The molecule has 0 spiro atoms. The Balaban J connectivity index is 2.00. The normalized spacial score (nSPS) is 20.6. The molecule has 0 saturated heterocycles. The average molecular weight is 378 g/mol. The lowest BCUT2D eigenvalue weighted by molar-refractivity contribution is 0.0333. The minimum absolute atomic E-state index is 0.0100. The molecule has 3 rings (SSSR count). The molecule has 0 atom stereocenters. The molecule has 1 saturated carbocycles. The van der Waals surface area contributed by atoms with Crippen LogP contribution in [0.4, 0.5) is 0 Å². The molecule has 0 aromatic heterocycles. The van der Waals surface area contributed by atoms with Crippen molar-refractivity contribution in [3.05, 3.63) is 72.1 Å². The topological polar surface area (TPSA) is 13.6 Å². The van der Waals surface area contributed by atoms with Crippen LogP contribution in [0.2, 0.25) is 5.04 Å². The summed E-state index contributed by atoms with van der Waals surface area (Å²) in [4.78, 5) is 3.84. The van der Waals surface area contributed by atoms with Gasteiger partial charge in [0, 0.05) is 25.9 Å². The molecule has 0 N–H and O–H groups in total. The third-order valence-corrected chi connectivity index (χ3v) is 11.2. The van der Waals surface area contributed by atoms with Crippen LogP contribution in [0, 0.1) is 12.5 Å². The van der Waals surface area contributed by atoms with Crippen molar-refractivity contribution in [2.24, 2.45) is 5.92 Å². The molecule has 1 aliphatic rings. The number of nitrogens with zero attached hydrogens (tertiary/aromatic N) is 1. The first-order chi connectivity index (χ1) is 12.7. The Labute approximate surface area is 165 Å². The van der Waals surface area contributed by atoms with E-state index in [9.17, 15) is 0 Å². The van der Waals surface area contributed by atoms with E-state index in [0.29, 0.717) is 5.92 Å². The Bertz CT molecular complexity index is 756. The Hall–Kier alpha value is -1.89. The Kier molecular flexibility index (Phi) is 5.34. The minimum Gasteiger partial charge on any atom is -0.404 e. The molecular formula is C24H31NOSi. The molecule has 3 heteroatoms. The monoisotopic (exact) mass is 377 g/mol. The third-order valence-electron chi connectivity index (χ3n) is 6.14. The van der Waals surface area contributed by atoms with Gasteiger partial charge in [0.1, 0.15) is 0 Å². The number of benzene rings is 2. The van der Waals surface area contributed by atoms with Crippen LogP contribution in [0.25, 0.3) is 4.85 Å². The largest absolute Gasteiger partial charge is 0.404 e. The van der Waals surface area contributed by atoms with Crippen molar-refractivity contribution in [3.8, 4) is 0 Å². The summed E-state index contributed by atoms with van der Waals surface area (Å²) in [6, 6.07) is 21.6. The third kappa shape index (κ3) is 3.61. The lowest BCUT2D eigenvalue weighted by Crippen LogP contribution is -2.68. The molecule has 0 radical (unpaired) electrons. The van der Waals surface area contributed by atoms with Gasteiger partial charge in [0.15, 0.2) is 0 Å². The Morgan fingerprint density at radius 1 is 0.852 bits per heavy atom. The molecule has 2 aromatic carbocycles. The van der Waals surface area contributed by atoms with Crippen LogP contribution in [-0.2, 0) is 4.43 Å². The first-order valence-corrected chi connectivity index (χ1v) is 11.8. The zero-order valence-corrected chi connectivity index (χ0v) is 18.2. The molecule has 2 nitrogen and oxygen atoms in total. The van der Waals surface area contributed by atoms with Gasteiger partial charge in [0.05, 0.1) is 0 Å². The van der Waals surface area contributed by atoms with E-state index < -0.39 is 8.32 Å². The van der Waals surface area contributed by atoms with Gasteiger partial charge in [-0.25, -0.2) is 6.57 Å². The minimum atomic E-state index is -2.46. The van der Waals surface area contributed by atoms with Crippen LogP contribution in [-0.4, -0.2) is 20.0 Å². The quantitative estimate of drug-likeness (QED) is 0.526. The molecule has 0 unspecified atom stereocenters. The maximum atomic E-state index is 7.48. The summed E-state index contributed by atoms with van der Waals surface area (Å²) in [6.45, 7) is 18.6. The fraction of sp³-hybridized carbons (Fsp3) is 0.458. The molecule has 0 aliphatic heterocycles. The van der Waals surface area contributed by atoms with Gasteiger partial charge < -0.3 is 9.27 Å². The van der Waals surface area contributed by atoms with Crippen molar-refractivity contribution in [1.29, 1.82) is 0 Å². The van der Waals surface area contributed by atoms with Crippen LogP contribution in [0.1, 0.15) is 47.5 Å². The van der Waals surface area contributed by atoms with Crippen molar-refractivity contribution >= 4 is 18.7 Å². The zero-order valence-electron chi connectivity index (χ0n) is 17.2. The van der Waals surface area contributed by atoms with E-state index in [1.807, 2.05) is 0 Å². The van der Waals surface area contributed by atoms with E-state index >= 15 is 0 Å². The van der Waals surface area contributed by atoms with Gasteiger partial charge in [-0.15, -0.1) is 0 Å². The van der Waals surface area contributed by atoms with Gasteiger partial charge >= 0.3 is 0 Å². The summed E-state index contributed by atoms with van der Waals surface area (Å²) in [5, 5.41) is 2.67. The van der Waals surface area contributed by atoms with Crippen molar-refractivity contribution in [3.63, 3.8) is 0 Å². The first-order valence-electron chi connectivity index (χ1n) is 9.88. The molecule has 142 valence electrons. The highest BCUT2D eigenvalue weighted by molar-refractivity contribution is 6.99. The second-order valence-electron chi connectivity index (χ2n) is 9.34. The van der Waals surface area contributed by atoms with Crippen LogP contribution in [0.5, 0.6) is 0 Å². The summed E-state index contributed by atoms with van der Waals surface area (Å²) < 4.78 is 7.12. The average Bonchev–Trinajstić information content (AvgIpc) is 2.61. The number of hydrogen-bond donors (Lipinski definition) is 0. The van der Waals surface area contributed by atoms with Crippen molar-refractivity contribution < 1.29 is 4.43 Å². The number of rotatable bonds is 5. The maximum Gasteiger partial charge on any atom is 0.261 e. The van der Waals surface area contributed by atoms with Crippen LogP contribution in [0.15, 0.2) is 60.7 Å². The highest BCUT2D eigenvalue weighted by atomic mass is 28.4. The van der Waals surface area contributed by atoms with E-state index in [1.165, 1.54) is 10.4 Å². The van der Waals surface area contributed by atoms with E-state index in [4.69, 9.17) is 11.0 Å². The molecule has 0 bridgehead atoms. The van der Waals surface area contributed by atoms with Crippen molar-refractivity contribution in [2.45, 2.75) is 64.1 Å². The highest BCUT2D eigenvalue weighted by Gasteiger charge is 2.54. The van der Waals surface area contributed by atoms with Gasteiger partial charge in [-0.3, -0.25) is 0 Å². The van der Waals surface area contributed by atoms with Crippen molar-refractivity contribution in [1.82, 2.24) is 0 Å². The standard InChI is InChI=1S/C24H31NOSi/c1-23(2,3)27(21-13-9-7-10-14-21,22-15-11-8-12-16-22)26-20-17-19(18-20)24(4,5)25-6/h7-16,19-20H,17-18H2,1-5H3. The summed E-state index contributed by atoms with van der Waals surface area (Å²) in [5.41, 5.74) is -0.286. The van der Waals surface area contributed by atoms with E-state index in [1.54, 1.807) is 0 Å². The lowest BCUT2D eigenvalue weighted by atomic mass is 9.71. The molecule has 0 amide bonds. The highest BCUT2D eigenvalue weighted by Crippen LogP contribution is 2.45.